The average molecular weight is 299 g/mol. The lowest BCUT2D eigenvalue weighted by atomic mass is 10.1. The second kappa shape index (κ2) is 6.13. The van der Waals surface area contributed by atoms with Gasteiger partial charge in [-0.1, -0.05) is 29.8 Å². The quantitative estimate of drug-likeness (QED) is 0.944. The molecule has 1 fully saturated rings. The maximum Gasteiger partial charge on any atom is 0.245 e. The van der Waals surface area contributed by atoms with Crippen LogP contribution in [0, 0.1) is 12.7 Å². The number of pyridine rings is 1. The molecule has 0 saturated carbocycles. The molecule has 3 rings (SSSR count). The maximum atomic E-state index is 13.6. The van der Waals surface area contributed by atoms with Crippen LogP contribution < -0.4 is 5.32 Å². The van der Waals surface area contributed by atoms with Crippen LogP contribution in [-0.4, -0.2) is 28.4 Å². The topological polar surface area (TPSA) is 45.2 Å². The zero-order valence-electron chi connectivity index (χ0n) is 12.4. The number of rotatable bonds is 4. The Morgan fingerprint density at radius 2 is 2.09 bits per heavy atom. The Hall–Kier alpha value is -2.43. The summed E-state index contributed by atoms with van der Waals surface area (Å²) in [4.78, 5) is 18.1. The third-order valence-electron chi connectivity index (χ3n) is 3.86. The third-order valence-corrected chi connectivity index (χ3v) is 3.86. The molecular formula is C17H18FN3O. The molecule has 0 spiro atoms. The lowest BCUT2D eigenvalue weighted by Crippen LogP contribution is -2.33. The highest BCUT2D eigenvalue weighted by atomic mass is 19.1. The number of anilines is 1. The van der Waals surface area contributed by atoms with Crippen molar-refractivity contribution in [1.29, 1.82) is 0 Å². The number of carbonyl (C=O) groups excluding carboxylic acids is 1. The van der Waals surface area contributed by atoms with Crippen LogP contribution in [0.1, 0.15) is 17.5 Å². The monoisotopic (exact) mass is 299 g/mol. The zero-order valence-corrected chi connectivity index (χ0v) is 12.4. The van der Waals surface area contributed by atoms with Gasteiger partial charge < -0.3 is 10.2 Å². The number of nitrogens with zero attached hydrogens (tertiary/aromatic N) is 2. The van der Waals surface area contributed by atoms with Gasteiger partial charge in [0.1, 0.15) is 6.04 Å². The van der Waals surface area contributed by atoms with Crippen molar-refractivity contribution in [2.24, 2.45) is 0 Å². The average Bonchev–Trinajstić information content (AvgIpc) is 2.85. The van der Waals surface area contributed by atoms with E-state index in [9.17, 15) is 9.18 Å². The Kier molecular flexibility index (Phi) is 4.04. The summed E-state index contributed by atoms with van der Waals surface area (Å²) in [6.45, 7) is 3.28. The van der Waals surface area contributed by atoms with E-state index < -0.39 is 11.9 Å². The van der Waals surface area contributed by atoms with Gasteiger partial charge in [0, 0.05) is 19.3 Å². The predicted octanol–water partition coefficient (Wildman–Crippen LogP) is 2.74. The first-order valence-corrected chi connectivity index (χ1v) is 7.35. The van der Waals surface area contributed by atoms with Gasteiger partial charge in [0.25, 0.3) is 0 Å². The number of aryl methyl sites for hydroxylation is 1. The summed E-state index contributed by atoms with van der Waals surface area (Å²) in [5, 5.41) is 2.91. The Morgan fingerprint density at radius 1 is 1.32 bits per heavy atom. The van der Waals surface area contributed by atoms with Gasteiger partial charge in [-0.15, -0.1) is 0 Å². The van der Waals surface area contributed by atoms with Crippen molar-refractivity contribution in [2.75, 3.05) is 11.9 Å². The number of halogens is 1. The lowest BCUT2D eigenvalue weighted by molar-refractivity contribution is -0.128. The molecule has 0 radical (unpaired) electrons. The second-order valence-corrected chi connectivity index (χ2v) is 5.56. The summed E-state index contributed by atoms with van der Waals surface area (Å²) in [5.41, 5.74) is 2.30. The van der Waals surface area contributed by atoms with Gasteiger partial charge in [0.2, 0.25) is 5.91 Å². The zero-order chi connectivity index (χ0) is 15.5. The van der Waals surface area contributed by atoms with Crippen molar-refractivity contribution in [1.82, 2.24) is 9.88 Å². The molecule has 1 saturated heterocycles. The molecule has 1 aromatic carbocycles. The maximum absolute atomic E-state index is 13.6. The summed E-state index contributed by atoms with van der Waals surface area (Å²) in [5.74, 6) is -0.309. The summed E-state index contributed by atoms with van der Waals surface area (Å²) < 4.78 is 13.6. The summed E-state index contributed by atoms with van der Waals surface area (Å²) in [7, 11) is 0. The first-order chi connectivity index (χ1) is 10.6. The molecule has 2 aromatic rings. The van der Waals surface area contributed by atoms with Crippen LogP contribution in [0.5, 0.6) is 0 Å². The van der Waals surface area contributed by atoms with E-state index in [-0.39, 0.29) is 11.7 Å². The van der Waals surface area contributed by atoms with Crippen LogP contribution in [0.4, 0.5) is 10.2 Å². The van der Waals surface area contributed by atoms with Crippen LogP contribution in [0.3, 0.4) is 0 Å². The van der Waals surface area contributed by atoms with Gasteiger partial charge in [0.05, 0.1) is 0 Å². The van der Waals surface area contributed by atoms with Crippen LogP contribution in [-0.2, 0) is 11.3 Å². The van der Waals surface area contributed by atoms with Crippen molar-refractivity contribution in [3.63, 3.8) is 0 Å². The SMILES string of the molecule is Cc1ccc(CN2CCC(Nc3ncccc3F)C2=O)cc1. The number of likely N-dealkylation sites (tertiary alicyclic amines) is 1. The van der Waals surface area contributed by atoms with Crippen molar-refractivity contribution >= 4 is 11.7 Å². The van der Waals surface area contributed by atoms with Gasteiger partial charge in [-0.05, 0) is 31.0 Å². The number of benzene rings is 1. The molecule has 114 valence electrons. The number of hydrogen-bond acceptors (Lipinski definition) is 3. The summed E-state index contributed by atoms with van der Waals surface area (Å²) in [6.07, 6.45) is 2.16. The molecule has 1 aliphatic heterocycles. The minimum atomic E-state index is -0.438. The molecule has 0 bridgehead atoms. The van der Waals surface area contributed by atoms with Crippen LogP contribution >= 0.6 is 0 Å². The fourth-order valence-electron chi connectivity index (χ4n) is 2.60. The van der Waals surface area contributed by atoms with Crippen molar-refractivity contribution in [3.8, 4) is 0 Å². The van der Waals surface area contributed by atoms with E-state index >= 15 is 0 Å². The standard InChI is InChI=1S/C17H18FN3O/c1-12-4-6-13(7-5-12)11-21-10-8-15(17(21)22)20-16-14(18)3-2-9-19-16/h2-7,9,15H,8,10-11H2,1H3,(H,19,20). The highest BCUT2D eigenvalue weighted by molar-refractivity contribution is 5.86. The van der Waals surface area contributed by atoms with E-state index in [4.69, 9.17) is 0 Å². The lowest BCUT2D eigenvalue weighted by Gasteiger charge is -2.17. The van der Waals surface area contributed by atoms with E-state index in [1.807, 2.05) is 31.2 Å². The van der Waals surface area contributed by atoms with Crippen molar-refractivity contribution in [3.05, 3.63) is 59.5 Å². The van der Waals surface area contributed by atoms with Crippen LogP contribution in [0.2, 0.25) is 0 Å². The number of aromatic nitrogens is 1. The van der Waals surface area contributed by atoms with Gasteiger partial charge in [-0.2, -0.15) is 0 Å². The highest BCUT2D eigenvalue weighted by Crippen LogP contribution is 2.19. The summed E-state index contributed by atoms with van der Waals surface area (Å²) >= 11 is 0. The van der Waals surface area contributed by atoms with Crippen molar-refractivity contribution in [2.45, 2.75) is 25.9 Å². The summed E-state index contributed by atoms with van der Waals surface area (Å²) in [6, 6.07) is 10.6. The molecular weight excluding hydrogens is 281 g/mol. The number of amides is 1. The van der Waals surface area contributed by atoms with Gasteiger partial charge in [-0.3, -0.25) is 4.79 Å². The first-order valence-electron chi connectivity index (χ1n) is 7.35. The molecule has 4 nitrogen and oxygen atoms in total. The molecule has 0 aliphatic carbocycles. The molecule has 1 aromatic heterocycles. The second-order valence-electron chi connectivity index (χ2n) is 5.56. The highest BCUT2D eigenvalue weighted by Gasteiger charge is 2.32. The number of nitrogens with one attached hydrogen (secondary N) is 1. The van der Waals surface area contributed by atoms with E-state index in [0.29, 0.717) is 19.5 Å². The van der Waals surface area contributed by atoms with Gasteiger partial charge in [0.15, 0.2) is 11.6 Å². The molecule has 5 heteroatoms. The normalized spacial score (nSPS) is 17.8. The number of hydrogen-bond donors (Lipinski definition) is 1. The minimum absolute atomic E-state index is 0.00868. The minimum Gasteiger partial charge on any atom is -0.356 e. The molecule has 1 unspecified atom stereocenters. The molecule has 2 heterocycles. The molecule has 1 N–H and O–H groups in total. The molecule has 1 aliphatic rings. The Labute approximate surface area is 129 Å². The Morgan fingerprint density at radius 3 is 2.82 bits per heavy atom. The van der Waals surface area contributed by atoms with Crippen LogP contribution in [0.25, 0.3) is 0 Å². The van der Waals surface area contributed by atoms with Gasteiger partial charge >= 0.3 is 0 Å². The molecule has 1 amide bonds. The van der Waals surface area contributed by atoms with E-state index in [1.54, 1.807) is 4.90 Å². The first kappa shape index (κ1) is 14.5. The Balaban J connectivity index is 1.65. The van der Waals surface area contributed by atoms with E-state index in [1.165, 1.54) is 23.9 Å². The molecule has 1 atom stereocenters. The fraction of sp³-hybridized carbons (Fsp3) is 0.294. The van der Waals surface area contributed by atoms with Crippen LogP contribution in [0.15, 0.2) is 42.6 Å². The van der Waals surface area contributed by atoms with Gasteiger partial charge in [-0.25, -0.2) is 9.37 Å². The fourth-order valence-corrected chi connectivity index (χ4v) is 2.60. The number of carbonyl (C=O) groups is 1. The van der Waals surface area contributed by atoms with E-state index in [2.05, 4.69) is 10.3 Å². The third kappa shape index (κ3) is 3.08. The molecule has 22 heavy (non-hydrogen) atoms. The largest absolute Gasteiger partial charge is 0.356 e. The van der Waals surface area contributed by atoms with Crippen molar-refractivity contribution < 1.29 is 9.18 Å². The Bertz CT molecular complexity index is 672. The smallest absolute Gasteiger partial charge is 0.245 e. The predicted molar refractivity (Wildman–Crippen MR) is 82.8 cm³/mol. The van der Waals surface area contributed by atoms with E-state index in [0.717, 1.165) is 5.56 Å².